The topological polar surface area (TPSA) is 294 Å². The number of nitrogens with one attached hydrogen (secondary N) is 4. The standard InChI is InChI=1S/C34H37FN4O5.C33H35FN4O5.C32H32FN3O6/c1-21-27(26-8-7-24(35)17-29(26)28(21)18-32(40)37-20-22-6-5-11-36-19-22)14-23-15-30(42-3)33(31(16-23)43-4)44-34(41)38-25-9-12-39(2)13-10-25;1-21-26(25-8-7-24(34)17-28(25)27(21)18-31(39)36-20-22-6-5-9-35-19-22)14-23-15-29(41-3)32(30(16-23)42-4)43-33(40)38-12-10-37(2)11-13-38;1-20-25(13-22-14-28(39-2)31(29(15-22)40-3)42-32(38)36-9-11-41-12-10-36)24-7-6-23(33)16-27(24)26(20)17-30(37)35-19-21-5-4-8-34-18-21/h5-8,11,14-17,19,25H,9-10,12-13,18,20H2,1-4H3,(H,37,40)(H,38,41);5-9,14-17,19H,10-13,18,20H2,1-4H3,(H,36,39);4-8,13-16,18H,9-12,17,19H2,1-3H3,(H,35,37)/b27-14-;26-14-;25-13-. The maximum absolute atomic E-state index is 14.4. The van der Waals surface area contributed by atoms with E-state index < -0.39 is 18.3 Å². The number of methoxy groups -OCH3 is 6. The van der Waals surface area contributed by atoms with Gasteiger partial charge in [0, 0.05) is 102 Å². The van der Waals surface area contributed by atoms with Gasteiger partial charge < -0.3 is 88.2 Å². The van der Waals surface area contributed by atoms with Gasteiger partial charge in [0.15, 0.2) is 34.5 Å². The van der Waals surface area contributed by atoms with Gasteiger partial charge in [0.2, 0.25) is 35.0 Å². The number of likely N-dealkylation sites (tertiary alicyclic amines) is 1. The Morgan fingerprint density at radius 3 is 1.02 bits per heavy atom. The summed E-state index contributed by atoms with van der Waals surface area (Å²) in [4.78, 5) is 97.1. The number of hydrogen-bond donors (Lipinski definition) is 4. The van der Waals surface area contributed by atoms with Crippen LogP contribution in [0.15, 0.2) is 181 Å². The molecule has 3 aliphatic heterocycles. The van der Waals surface area contributed by atoms with Crippen molar-refractivity contribution in [3.05, 3.63) is 266 Å². The van der Waals surface area contributed by atoms with E-state index in [1.165, 1.54) is 79.1 Å². The van der Waals surface area contributed by atoms with Gasteiger partial charge in [-0.2, -0.15) is 0 Å². The lowest BCUT2D eigenvalue weighted by atomic mass is 10.00. The molecule has 6 aliphatic rings. The lowest BCUT2D eigenvalue weighted by molar-refractivity contribution is -0.121. The predicted octanol–water partition coefficient (Wildman–Crippen LogP) is 15.6. The second-order valence-electron chi connectivity index (χ2n) is 31.5. The number of rotatable bonds is 25. The van der Waals surface area contributed by atoms with Gasteiger partial charge in [-0.15, -0.1) is 0 Å². The van der Waals surface area contributed by atoms with Crippen LogP contribution >= 0.6 is 0 Å². The minimum Gasteiger partial charge on any atom is -0.493 e. The van der Waals surface area contributed by atoms with Crippen LogP contribution in [0.5, 0.6) is 51.7 Å². The Balaban J connectivity index is 0.000000165. The van der Waals surface area contributed by atoms with Crippen LogP contribution in [0.1, 0.15) is 120 Å². The average Bonchev–Trinajstić information content (AvgIpc) is 1.63. The third-order valence-corrected chi connectivity index (χ3v) is 23.0. The molecule has 15 rings (SSSR count). The first-order chi connectivity index (χ1) is 62.4. The van der Waals surface area contributed by atoms with Crippen molar-refractivity contribution >= 4 is 87.7 Å². The number of pyridine rings is 3. The number of fused-ring (bicyclic) bond motifs is 3. The summed E-state index contributed by atoms with van der Waals surface area (Å²) in [6.45, 7) is 13.1. The first-order valence-corrected chi connectivity index (χ1v) is 42.2. The number of likely N-dealkylation sites (N-methyl/N-ethyl adjacent to an activating group) is 1. The first-order valence-electron chi connectivity index (χ1n) is 42.2. The highest BCUT2D eigenvalue weighted by Crippen LogP contribution is 2.50. The minimum atomic E-state index is -0.570. The molecular formula is C99H104F3N11O16. The Kier molecular flexibility index (Phi) is 31.1. The number of hydrogen-bond acceptors (Lipinski definition) is 21. The Bertz CT molecular complexity index is 5770. The van der Waals surface area contributed by atoms with E-state index in [2.05, 4.69) is 53.1 Å². The van der Waals surface area contributed by atoms with E-state index in [4.69, 9.17) is 47.4 Å². The number of benzene rings is 6. The third-order valence-electron chi connectivity index (χ3n) is 23.0. The van der Waals surface area contributed by atoms with Crippen LogP contribution in [-0.2, 0) is 38.8 Å². The summed E-state index contributed by atoms with van der Waals surface area (Å²) in [5.41, 5.74) is 16.6. The molecule has 0 radical (unpaired) electrons. The molecule has 0 spiro atoms. The van der Waals surface area contributed by atoms with Crippen molar-refractivity contribution < 1.29 is 89.3 Å². The van der Waals surface area contributed by atoms with Crippen LogP contribution in [-0.4, -0.2) is 199 Å². The molecule has 27 nitrogen and oxygen atoms in total. The normalized spacial score (nSPS) is 15.8. The highest BCUT2D eigenvalue weighted by Gasteiger charge is 2.33. The van der Waals surface area contributed by atoms with Gasteiger partial charge in [-0.05, 0) is 287 Å². The molecule has 0 unspecified atom stereocenters. The molecule has 0 atom stereocenters. The van der Waals surface area contributed by atoms with Crippen molar-refractivity contribution in [3.63, 3.8) is 0 Å². The van der Waals surface area contributed by atoms with E-state index in [9.17, 15) is 41.9 Å². The van der Waals surface area contributed by atoms with Crippen LogP contribution in [0.3, 0.4) is 0 Å². The fourth-order valence-corrected chi connectivity index (χ4v) is 16.0. The van der Waals surface area contributed by atoms with Gasteiger partial charge in [0.1, 0.15) is 17.5 Å². The fourth-order valence-electron chi connectivity index (χ4n) is 16.0. The summed E-state index contributed by atoms with van der Waals surface area (Å²) in [6.07, 6.45) is 16.3. The smallest absolute Gasteiger partial charge is 0.415 e. The van der Waals surface area contributed by atoms with Gasteiger partial charge in [-0.25, -0.2) is 27.6 Å². The summed E-state index contributed by atoms with van der Waals surface area (Å²) in [5, 5.41) is 11.7. The Morgan fingerprint density at radius 1 is 0.403 bits per heavy atom. The second kappa shape index (κ2) is 43.4. The number of ether oxygens (including phenoxy) is 10. The van der Waals surface area contributed by atoms with Crippen LogP contribution in [0.25, 0.3) is 51.7 Å². The van der Waals surface area contributed by atoms with E-state index >= 15 is 0 Å². The molecule has 3 aliphatic carbocycles. The molecule has 9 aromatic rings. The van der Waals surface area contributed by atoms with Crippen LogP contribution in [0.2, 0.25) is 0 Å². The molecule has 30 heteroatoms. The molecule has 6 amide bonds. The molecule has 6 heterocycles. The Hall–Kier alpha value is -14.1. The summed E-state index contributed by atoms with van der Waals surface area (Å²) >= 11 is 0. The quantitative estimate of drug-likeness (QED) is 0.0413. The number of amides is 6. The molecule has 3 saturated heterocycles. The Morgan fingerprint density at radius 2 is 0.713 bits per heavy atom. The summed E-state index contributed by atoms with van der Waals surface area (Å²) in [6, 6.07) is 35.4. The van der Waals surface area contributed by atoms with Crippen molar-refractivity contribution in [1.29, 1.82) is 0 Å². The summed E-state index contributed by atoms with van der Waals surface area (Å²) < 4.78 is 99.2. The molecule has 3 fully saturated rings. The zero-order valence-corrected chi connectivity index (χ0v) is 73.9. The van der Waals surface area contributed by atoms with Gasteiger partial charge in [-0.3, -0.25) is 29.3 Å². The largest absolute Gasteiger partial charge is 0.493 e. The SMILES string of the molecule is COc1cc(/C=C2/C(C)=C(CC(=O)NCc3cccnc3)c3cc(F)ccc32)cc(OC)c1OC(=O)N1CCN(C)CC1.COc1cc(/C=C2/C(C)=C(CC(=O)NCc3cccnc3)c3cc(F)ccc32)cc(OC)c1OC(=O)N1CCOCC1.COc1cc(/C=C2/C(C)=C(CC(=O)NCc3cccnc3)c3cc(F)ccc32)cc(OC)c1OC(=O)NC1CCN(C)CC1. The molecule has 0 saturated carbocycles. The second-order valence-corrected chi connectivity index (χ2v) is 31.5. The average molecular weight is 1760 g/mol. The fraction of sp³-hybridized carbons (Fsp3) is 0.303. The van der Waals surface area contributed by atoms with E-state index in [1.54, 1.807) is 102 Å². The molecule has 6 aromatic carbocycles. The lowest BCUT2D eigenvalue weighted by Gasteiger charge is -2.31. The van der Waals surface area contributed by atoms with Crippen LogP contribution in [0.4, 0.5) is 27.6 Å². The predicted molar refractivity (Wildman–Crippen MR) is 485 cm³/mol. The molecule has 4 N–H and O–H groups in total. The summed E-state index contributed by atoms with van der Waals surface area (Å²) in [5.74, 6) is 0.818. The van der Waals surface area contributed by atoms with Crippen molar-refractivity contribution in [2.75, 3.05) is 122 Å². The van der Waals surface area contributed by atoms with Crippen LogP contribution in [0, 0.1) is 17.5 Å². The molecule has 3 aromatic heterocycles. The highest BCUT2D eigenvalue weighted by atomic mass is 19.1. The van der Waals surface area contributed by atoms with E-state index in [1.807, 2.05) is 82.4 Å². The molecule has 672 valence electrons. The number of morpholine rings is 1. The number of nitrogens with zero attached hydrogens (tertiary/aromatic N) is 7. The summed E-state index contributed by atoms with van der Waals surface area (Å²) in [7, 11) is 13.0. The highest BCUT2D eigenvalue weighted by molar-refractivity contribution is 6.11. The number of allylic oxidation sites excluding steroid dienone is 6. The van der Waals surface area contributed by atoms with Gasteiger partial charge in [0.25, 0.3) is 0 Å². The molecule has 129 heavy (non-hydrogen) atoms. The van der Waals surface area contributed by atoms with Crippen molar-refractivity contribution in [3.8, 4) is 51.7 Å². The Labute approximate surface area is 747 Å². The number of piperazine rings is 1. The number of aromatic nitrogens is 3. The van der Waals surface area contributed by atoms with Gasteiger partial charge in [-0.1, -0.05) is 36.4 Å². The number of piperidine rings is 1. The third kappa shape index (κ3) is 23.2. The minimum absolute atomic E-state index is 0.0355. The molecule has 0 bridgehead atoms. The maximum Gasteiger partial charge on any atom is 0.415 e. The number of carbonyl (C=O) groups excluding carboxylic acids is 6. The first kappa shape index (κ1) is 92.6. The zero-order valence-electron chi connectivity index (χ0n) is 73.9. The van der Waals surface area contributed by atoms with E-state index in [0.29, 0.717) is 121 Å². The van der Waals surface area contributed by atoms with E-state index in [0.717, 1.165) is 128 Å². The lowest BCUT2D eigenvalue weighted by Crippen LogP contribution is -2.48. The van der Waals surface area contributed by atoms with Gasteiger partial charge in [0.05, 0.1) is 75.1 Å². The maximum atomic E-state index is 14.4. The van der Waals surface area contributed by atoms with Crippen molar-refractivity contribution in [1.82, 2.24) is 55.8 Å². The zero-order chi connectivity index (χ0) is 91.4. The van der Waals surface area contributed by atoms with E-state index in [-0.39, 0.29) is 77.7 Å². The number of halogens is 3. The van der Waals surface area contributed by atoms with Crippen molar-refractivity contribution in [2.24, 2.45) is 0 Å². The monoisotopic (exact) mass is 1760 g/mol. The molecular weight excluding hydrogens is 1660 g/mol. The number of carbonyl (C=O) groups is 6. The van der Waals surface area contributed by atoms with Crippen LogP contribution < -0.4 is 63.9 Å². The van der Waals surface area contributed by atoms with Crippen molar-refractivity contribution in [2.45, 2.75) is 78.6 Å². The van der Waals surface area contributed by atoms with Gasteiger partial charge >= 0.3 is 18.3 Å².